The SMILES string of the molecule is CC(C)(C)c1cc(CS[C@H]2CCCCCC[C@@H]2SCc2cc(C(C)(C)C)cc(C3(C)CCCCC3)c2O)c(O)c(C2(C)CCCCC2)c1. The van der Waals surface area contributed by atoms with Crippen LogP contribution in [0.4, 0.5) is 0 Å². The van der Waals surface area contributed by atoms with Gasteiger partial charge in [0, 0.05) is 44.3 Å². The predicted octanol–water partition coefficient (Wildman–Crippen LogP) is 13.4. The number of rotatable bonds is 8. The highest BCUT2D eigenvalue weighted by Crippen LogP contribution is 2.49. The quantitative estimate of drug-likeness (QED) is 0.289. The zero-order valence-electron chi connectivity index (χ0n) is 31.9. The Balaban J connectivity index is 1.40. The van der Waals surface area contributed by atoms with Crippen molar-refractivity contribution in [3.8, 4) is 11.5 Å². The molecule has 2 aromatic rings. The molecule has 0 unspecified atom stereocenters. The van der Waals surface area contributed by atoms with Crippen molar-refractivity contribution in [1.29, 1.82) is 0 Å². The van der Waals surface area contributed by atoms with Gasteiger partial charge in [-0.05, 0) is 71.3 Å². The fourth-order valence-electron chi connectivity index (χ4n) is 8.79. The van der Waals surface area contributed by atoms with E-state index in [4.69, 9.17) is 0 Å². The van der Waals surface area contributed by atoms with Crippen LogP contribution >= 0.6 is 23.5 Å². The Labute approximate surface area is 303 Å². The Hall–Kier alpha value is -1.26. The van der Waals surface area contributed by atoms with E-state index in [-0.39, 0.29) is 21.7 Å². The van der Waals surface area contributed by atoms with Gasteiger partial charge in [-0.3, -0.25) is 0 Å². The van der Waals surface area contributed by atoms with Crippen molar-refractivity contribution in [2.24, 2.45) is 0 Å². The Morgan fingerprint density at radius 1 is 0.542 bits per heavy atom. The van der Waals surface area contributed by atoms with Crippen LogP contribution in [-0.4, -0.2) is 20.7 Å². The minimum absolute atomic E-state index is 0.0443. The molecule has 2 N–H and O–H groups in total. The maximum Gasteiger partial charge on any atom is 0.123 e. The summed E-state index contributed by atoms with van der Waals surface area (Å²) < 4.78 is 0. The molecule has 0 heterocycles. The van der Waals surface area contributed by atoms with Crippen LogP contribution in [0, 0.1) is 0 Å². The molecule has 3 aliphatic carbocycles. The number of aromatic hydroxyl groups is 2. The van der Waals surface area contributed by atoms with Gasteiger partial charge in [0.1, 0.15) is 11.5 Å². The van der Waals surface area contributed by atoms with Crippen molar-refractivity contribution < 1.29 is 10.2 Å². The molecule has 0 amide bonds. The first-order valence-corrected chi connectivity index (χ1v) is 21.7. The first kappa shape index (κ1) is 38.0. The highest BCUT2D eigenvalue weighted by Gasteiger charge is 2.36. The molecule has 0 aromatic heterocycles. The largest absolute Gasteiger partial charge is 0.507 e. The summed E-state index contributed by atoms with van der Waals surface area (Å²) in [6, 6.07) is 9.35. The number of phenolic OH excluding ortho intramolecular Hbond substituents is 2. The molecule has 0 spiro atoms. The zero-order chi connectivity index (χ0) is 34.7. The van der Waals surface area contributed by atoms with Crippen LogP contribution in [0.2, 0.25) is 0 Å². The zero-order valence-corrected chi connectivity index (χ0v) is 33.5. The van der Waals surface area contributed by atoms with Crippen LogP contribution < -0.4 is 0 Å². The number of benzene rings is 2. The molecular weight excluding hydrogens is 625 g/mol. The molecule has 2 atom stereocenters. The molecule has 0 radical (unpaired) electrons. The maximum atomic E-state index is 11.9. The molecule has 4 heteroatoms. The van der Waals surface area contributed by atoms with Crippen molar-refractivity contribution in [3.05, 3.63) is 57.6 Å². The van der Waals surface area contributed by atoms with Crippen LogP contribution in [0.1, 0.15) is 192 Å². The Bertz CT molecular complexity index is 1260. The standard InChI is InChI=1S/C44H68O2S2/c1-41(2,3)33-25-31(39(45)35(27-33)43(7)21-15-11-16-22-43)29-47-37-19-13-9-10-14-20-38(37)48-30-32-26-34(42(4,5)6)28-36(40(32)46)44(8)23-17-12-18-24-44/h25-28,37-38,45-46H,9-24,29-30H2,1-8H3/t37-,38-/m0/s1. The van der Waals surface area contributed by atoms with Crippen LogP contribution in [0.25, 0.3) is 0 Å². The smallest absolute Gasteiger partial charge is 0.123 e. The van der Waals surface area contributed by atoms with Gasteiger partial charge in [-0.25, -0.2) is 0 Å². The fraction of sp³-hybridized carbons (Fsp3) is 0.727. The lowest BCUT2D eigenvalue weighted by Crippen LogP contribution is -2.27. The average Bonchev–Trinajstić information content (AvgIpc) is 3.01. The molecule has 3 fully saturated rings. The lowest BCUT2D eigenvalue weighted by Gasteiger charge is -2.37. The van der Waals surface area contributed by atoms with Gasteiger partial charge in [-0.15, -0.1) is 0 Å². The van der Waals surface area contributed by atoms with Gasteiger partial charge < -0.3 is 10.2 Å². The first-order chi connectivity index (χ1) is 22.6. The van der Waals surface area contributed by atoms with Gasteiger partial charge in [0.25, 0.3) is 0 Å². The molecule has 3 saturated carbocycles. The second-order valence-corrected chi connectivity index (χ2v) is 21.0. The summed E-state index contributed by atoms with van der Waals surface area (Å²) in [5, 5.41) is 24.8. The molecule has 0 bridgehead atoms. The molecule has 48 heavy (non-hydrogen) atoms. The molecule has 5 rings (SSSR count). The van der Waals surface area contributed by atoms with Crippen LogP contribution in [0.3, 0.4) is 0 Å². The van der Waals surface area contributed by atoms with Crippen molar-refractivity contribution >= 4 is 23.5 Å². The molecule has 2 aromatic carbocycles. The summed E-state index contributed by atoms with van der Waals surface area (Å²) in [6.07, 6.45) is 20.1. The van der Waals surface area contributed by atoms with Gasteiger partial charge in [0.15, 0.2) is 0 Å². The van der Waals surface area contributed by atoms with E-state index in [1.54, 1.807) is 0 Å². The van der Waals surface area contributed by atoms with E-state index >= 15 is 0 Å². The van der Waals surface area contributed by atoms with E-state index < -0.39 is 0 Å². The Morgan fingerprint density at radius 2 is 0.875 bits per heavy atom. The minimum atomic E-state index is 0.0443. The summed E-state index contributed by atoms with van der Waals surface area (Å²) in [5.74, 6) is 2.88. The predicted molar refractivity (Wildman–Crippen MR) is 212 cm³/mol. The summed E-state index contributed by atoms with van der Waals surface area (Å²) in [4.78, 5) is 0. The molecule has 268 valence electrons. The number of phenols is 2. The molecular formula is C44H68O2S2. The van der Waals surface area contributed by atoms with Crippen molar-refractivity contribution in [1.82, 2.24) is 0 Å². The lowest BCUT2D eigenvalue weighted by molar-refractivity contribution is 0.307. The molecule has 0 saturated heterocycles. The second kappa shape index (κ2) is 15.5. The lowest BCUT2D eigenvalue weighted by atomic mass is 9.69. The Kier molecular flexibility index (Phi) is 12.3. The van der Waals surface area contributed by atoms with E-state index in [2.05, 4.69) is 103 Å². The summed E-state index contributed by atoms with van der Waals surface area (Å²) in [5.41, 5.74) is 7.62. The van der Waals surface area contributed by atoms with Gasteiger partial charge in [0.05, 0.1) is 0 Å². The third kappa shape index (κ3) is 8.96. The van der Waals surface area contributed by atoms with E-state index in [9.17, 15) is 10.2 Å². The summed E-state index contributed by atoms with van der Waals surface area (Å²) >= 11 is 4.20. The van der Waals surface area contributed by atoms with Gasteiger partial charge in [0.2, 0.25) is 0 Å². The normalized spacial score (nSPS) is 23.8. The second-order valence-electron chi connectivity index (χ2n) is 18.5. The highest BCUT2D eigenvalue weighted by molar-refractivity contribution is 8.03. The highest BCUT2D eigenvalue weighted by atomic mass is 32.2. The number of hydrogen-bond acceptors (Lipinski definition) is 4. The third-order valence-electron chi connectivity index (χ3n) is 12.4. The number of thioether (sulfide) groups is 2. The topological polar surface area (TPSA) is 40.5 Å². The maximum absolute atomic E-state index is 11.9. The van der Waals surface area contributed by atoms with Gasteiger partial charge >= 0.3 is 0 Å². The van der Waals surface area contributed by atoms with Crippen LogP contribution in [0.15, 0.2) is 24.3 Å². The average molecular weight is 693 g/mol. The third-order valence-corrected chi connectivity index (χ3v) is 15.5. The van der Waals surface area contributed by atoms with Crippen LogP contribution in [-0.2, 0) is 33.2 Å². The fourth-order valence-corrected chi connectivity index (χ4v) is 11.9. The van der Waals surface area contributed by atoms with Gasteiger partial charge in [-0.2, -0.15) is 23.5 Å². The van der Waals surface area contributed by atoms with Gasteiger partial charge in [-0.1, -0.05) is 144 Å². The number of hydrogen-bond donors (Lipinski definition) is 2. The van der Waals surface area contributed by atoms with Crippen LogP contribution in [0.5, 0.6) is 11.5 Å². The summed E-state index contributed by atoms with van der Waals surface area (Å²) in [7, 11) is 0. The minimum Gasteiger partial charge on any atom is -0.507 e. The Morgan fingerprint density at radius 3 is 1.21 bits per heavy atom. The first-order valence-electron chi connectivity index (χ1n) is 19.6. The molecule has 2 nitrogen and oxygen atoms in total. The van der Waals surface area contributed by atoms with E-state index in [0.717, 1.165) is 22.6 Å². The van der Waals surface area contributed by atoms with E-state index in [1.807, 2.05) is 0 Å². The monoisotopic (exact) mass is 692 g/mol. The molecule has 0 aliphatic heterocycles. The summed E-state index contributed by atoms with van der Waals surface area (Å²) in [6.45, 7) is 18.7. The van der Waals surface area contributed by atoms with Crippen molar-refractivity contribution in [3.63, 3.8) is 0 Å². The van der Waals surface area contributed by atoms with E-state index in [1.165, 1.54) is 125 Å². The van der Waals surface area contributed by atoms with Crippen molar-refractivity contribution in [2.45, 2.75) is 202 Å². The molecule has 3 aliphatic rings. The van der Waals surface area contributed by atoms with E-state index in [0.29, 0.717) is 22.0 Å². The van der Waals surface area contributed by atoms with Crippen molar-refractivity contribution in [2.75, 3.05) is 0 Å².